The van der Waals surface area contributed by atoms with E-state index in [-0.39, 0.29) is 24.3 Å². The summed E-state index contributed by atoms with van der Waals surface area (Å²) in [5.74, 6) is -0.331. The molecule has 0 spiro atoms. The molecule has 0 saturated carbocycles. The van der Waals surface area contributed by atoms with Gasteiger partial charge in [0.05, 0.1) is 12.5 Å². The predicted octanol–water partition coefficient (Wildman–Crippen LogP) is 1.75. The zero-order chi connectivity index (χ0) is 13.3. The molecule has 96 valence electrons. The van der Waals surface area contributed by atoms with Crippen molar-refractivity contribution >= 4 is 23.4 Å². The van der Waals surface area contributed by atoms with Crippen molar-refractivity contribution in [3.05, 3.63) is 34.9 Å². The molecule has 0 bridgehead atoms. The minimum Gasteiger partial charge on any atom is -0.299 e. The van der Waals surface area contributed by atoms with Crippen LogP contribution in [0.5, 0.6) is 0 Å². The normalized spacial score (nSPS) is 21.5. The van der Waals surface area contributed by atoms with Gasteiger partial charge in [-0.3, -0.25) is 19.8 Å². The van der Waals surface area contributed by atoms with Gasteiger partial charge in [0.25, 0.3) is 0 Å². The van der Waals surface area contributed by atoms with Gasteiger partial charge < -0.3 is 0 Å². The number of hydrogen-bond donors (Lipinski definition) is 1. The molecule has 5 heteroatoms. The molecule has 1 heterocycles. The standard InChI is InChI=1S/C13H15ClN2O2/c1-8(9-5-3-4-6-10(9)14)15-11-7-12(17)16(2)13(11)18/h3-6,8,11,15H,7H2,1-2H3. The SMILES string of the molecule is CC(NC1CC(=O)N(C)C1=O)c1ccccc1Cl. The number of likely N-dealkylation sites (tertiary alicyclic amines) is 1. The van der Waals surface area contributed by atoms with Gasteiger partial charge in [0.2, 0.25) is 11.8 Å². The van der Waals surface area contributed by atoms with Crippen LogP contribution in [-0.4, -0.2) is 29.8 Å². The summed E-state index contributed by atoms with van der Waals surface area (Å²) in [5.41, 5.74) is 0.925. The molecule has 1 N–H and O–H groups in total. The van der Waals surface area contributed by atoms with Crippen molar-refractivity contribution in [3.63, 3.8) is 0 Å². The van der Waals surface area contributed by atoms with Crippen LogP contribution >= 0.6 is 11.6 Å². The molecule has 2 unspecified atom stereocenters. The summed E-state index contributed by atoms with van der Waals surface area (Å²) in [4.78, 5) is 24.4. The topological polar surface area (TPSA) is 49.4 Å². The molecule has 1 fully saturated rings. The second-order valence-corrected chi connectivity index (χ2v) is 4.86. The van der Waals surface area contributed by atoms with E-state index in [4.69, 9.17) is 11.6 Å². The van der Waals surface area contributed by atoms with Crippen molar-refractivity contribution in [2.75, 3.05) is 7.05 Å². The molecule has 1 aromatic rings. The van der Waals surface area contributed by atoms with Gasteiger partial charge in [-0.15, -0.1) is 0 Å². The summed E-state index contributed by atoms with van der Waals surface area (Å²) in [6, 6.07) is 6.94. The number of hydrogen-bond acceptors (Lipinski definition) is 3. The maximum absolute atomic E-state index is 11.8. The minimum atomic E-state index is -0.450. The first kappa shape index (κ1) is 13.1. The fourth-order valence-electron chi connectivity index (χ4n) is 2.10. The van der Waals surface area contributed by atoms with Crippen molar-refractivity contribution in [2.24, 2.45) is 0 Å². The van der Waals surface area contributed by atoms with Crippen molar-refractivity contribution in [3.8, 4) is 0 Å². The van der Waals surface area contributed by atoms with Crippen molar-refractivity contribution in [1.29, 1.82) is 0 Å². The number of imide groups is 1. The number of carbonyl (C=O) groups is 2. The van der Waals surface area contributed by atoms with Crippen molar-refractivity contribution < 1.29 is 9.59 Å². The molecule has 2 amide bonds. The lowest BCUT2D eigenvalue weighted by Gasteiger charge is -2.19. The van der Waals surface area contributed by atoms with Gasteiger partial charge in [0, 0.05) is 18.1 Å². The Bertz CT molecular complexity index is 490. The Hall–Kier alpha value is -1.39. The Labute approximate surface area is 111 Å². The first-order chi connectivity index (χ1) is 8.50. The van der Waals surface area contributed by atoms with Crippen molar-refractivity contribution in [1.82, 2.24) is 10.2 Å². The van der Waals surface area contributed by atoms with E-state index >= 15 is 0 Å². The van der Waals surface area contributed by atoms with Gasteiger partial charge in [0.1, 0.15) is 0 Å². The molecule has 2 rings (SSSR count). The van der Waals surface area contributed by atoms with Crippen LogP contribution in [0.2, 0.25) is 5.02 Å². The first-order valence-corrected chi connectivity index (χ1v) is 6.19. The second kappa shape index (κ2) is 5.08. The number of benzene rings is 1. The number of amides is 2. The van der Waals surface area contributed by atoms with E-state index in [9.17, 15) is 9.59 Å². The molecule has 2 atom stereocenters. The molecule has 0 aromatic heterocycles. The molecule has 1 aromatic carbocycles. The summed E-state index contributed by atoms with van der Waals surface area (Å²) in [6.45, 7) is 1.93. The predicted molar refractivity (Wildman–Crippen MR) is 69.2 cm³/mol. The highest BCUT2D eigenvalue weighted by Gasteiger charge is 2.36. The lowest BCUT2D eigenvalue weighted by molar-refractivity contribution is -0.137. The van der Waals surface area contributed by atoms with E-state index in [0.29, 0.717) is 5.02 Å². The lowest BCUT2D eigenvalue weighted by atomic mass is 10.1. The smallest absolute Gasteiger partial charge is 0.246 e. The molecule has 18 heavy (non-hydrogen) atoms. The van der Waals surface area contributed by atoms with E-state index in [1.165, 1.54) is 7.05 Å². The summed E-state index contributed by atoms with van der Waals surface area (Å²) < 4.78 is 0. The van der Waals surface area contributed by atoms with E-state index in [1.807, 2.05) is 31.2 Å². The maximum atomic E-state index is 11.8. The zero-order valence-corrected chi connectivity index (χ0v) is 11.1. The van der Waals surface area contributed by atoms with E-state index < -0.39 is 6.04 Å². The second-order valence-electron chi connectivity index (χ2n) is 4.46. The highest BCUT2D eigenvalue weighted by atomic mass is 35.5. The number of likely N-dealkylation sites (N-methyl/N-ethyl adjacent to an activating group) is 1. The van der Waals surface area contributed by atoms with E-state index in [2.05, 4.69) is 5.32 Å². The van der Waals surface area contributed by atoms with Crippen LogP contribution in [0.25, 0.3) is 0 Å². The third-order valence-corrected chi connectivity index (χ3v) is 3.55. The summed E-state index contributed by atoms with van der Waals surface area (Å²) >= 11 is 6.10. The molecule has 1 aliphatic heterocycles. The fourth-order valence-corrected chi connectivity index (χ4v) is 2.40. The minimum absolute atomic E-state index is 0.0769. The number of halogens is 1. The summed E-state index contributed by atoms with van der Waals surface area (Å²) in [5, 5.41) is 3.81. The van der Waals surface area contributed by atoms with Crippen LogP contribution in [-0.2, 0) is 9.59 Å². The van der Waals surface area contributed by atoms with Crippen LogP contribution in [0.1, 0.15) is 24.9 Å². The van der Waals surface area contributed by atoms with Crippen LogP contribution in [0.4, 0.5) is 0 Å². The number of rotatable bonds is 3. The zero-order valence-electron chi connectivity index (χ0n) is 10.3. The molecule has 1 saturated heterocycles. The Balaban J connectivity index is 2.09. The highest BCUT2D eigenvalue weighted by molar-refractivity contribution is 6.31. The van der Waals surface area contributed by atoms with Crippen LogP contribution in [0, 0.1) is 0 Å². The maximum Gasteiger partial charge on any atom is 0.246 e. The van der Waals surface area contributed by atoms with Gasteiger partial charge in [-0.05, 0) is 18.6 Å². The average Bonchev–Trinajstić information content (AvgIpc) is 2.57. The summed E-state index contributed by atoms with van der Waals surface area (Å²) in [7, 11) is 1.51. The Morgan fingerprint density at radius 1 is 1.39 bits per heavy atom. The molecular formula is C13H15ClN2O2. The fraction of sp³-hybridized carbons (Fsp3) is 0.385. The first-order valence-electron chi connectivity index (χ1n) is 5.81. The van der Waals surface area contributed by atoms with Crippen LogP contribution in [0.15, 0.2) is 24.3 Å². The monoisotopic (exact) mass is 266 g/mol. The number of nitrogens with one attached hydrogen (secondary N) is 1. The van der Waals surface area contributed by atoms with Gasteiger partial charge >= 0.3 is 0 Å². The Morgan fingerprint density at radius 2 is 2.06 bits per heavy atom. The van der Waals surface area contributed by atoms with Crippen LogP contribution < -0.4 is 5.32 Å². The summed E-state index contributed by atoms with van der Waals surface area (Å²) in [6.07, 6.45) is 0.212. The van der Waals surface area contributed by atoms with Gasteiger partial charge in [-0.2, -0.15) is 0 Å². The molecule has 1 aliphatic rings. The third-order valence-electron chi connectivity index (χ3n) is 3.20. The number of nitrogens with zero attached hydrogens (tertiary/aromatic N) is 1. The van der Waals surface area contributed by atoms with Gasteiger partial charge in [-0.1, -0.05) is 29.8 Å². The van der Waals surface area contributed by atoms with Crippen molar-refractivity contribution in [2.45, 2.75) is 25.4 Å². The highest BCUT2D eigenvalue weighted by Crippen LogP contribution is 2.24. The molecule has 0 radical (unpaired) electrons. The third kappa shape index (κ3) is 2.40. The molecule has 4 nitrogen and oxygen atoms in total. The number of carbonyl (C=O) groups excluding carboxylic acids is 2. The van der Waals surface area contributed by atoms with E-state index in [1.54, 1.807) is 0 Å². The van der Waals surface area contributed by atoms with Gasteiger partial charge in [0.15, 0.2) is 0 Å². The molecular weight excluding hydrogens is 252 g/mol. The Morgan fingerprint density at radius 3 is 2.61 bits per heavy atom. The van der Waals surface area contributed by atoms with Gasteiger partial charge in [-0.25, -0.2) is 0 Å². The van der Waals surface area contributed by atoms with E-state index in [0.717, 1.165) is 10.5 Å². The van der Waals surface area contributed by atoms with Crippen LogP contribution in [0.3, 0.4) is 0 Å². The molecule has 0 aliphatic carbocycles. The quantitative estimate of drug-likeness (QED) is 0.848. The largest absolute Gasteiger partial charge is 0.299 e. The lowest BCUT2D eigenvalue weighted by Crippen LogP contribution is -2.38. The average molecular weight is 267 g/mol. The Kier molecular flexibility index (Phi) is 3.68.